The molecule has 0 aliphatic carbocycles. The Morgan fingerprint density at radius 1 is 1.18 bits per heavy atom. The average molecular weight is 298 g/mol. The molecule has 1 N–H and O–H groups in total. The second-order valence-corrected chi connectivity index (χ2v) is 5.46. The predicted octanol–water partition coefficient (Wildman–Crippen LogP) is 1.80. The molecule has 0 amide bonds. The largest absolute Gasteiger partial charge is 0.379 e. The molecule has 22 heavy (non-hydrogen) atoms. The molecule has 1 fully saturated rings. The van der Waals surface area contributed by atoms with Crippen LogP contribution in [0.3, 0.4) is 0 Å². The van der Waals surface area contributed by atoms with Gasteiger partial charge in [0.2, 0.25) is 0 Å². The summed E-state index contributed by atoms with van der Waals surface area (Å²) in [4.78, 5) is 10.8. The summed E-state index contributed by atoms with van der Waals surface area (Å²) in [6.45, 7) is 1.69. The van der Waals surface area contributed by atoms with Crippen LogP contribution in [0.2, 0.25) is 0 Å². The van der Waals surface area contributed by atoms with Gasteiger partial charge in [0, 0.05) is 25.8 Å². The molecule has 0 saturated carbocycles. The third-order valence-electron chi connectivity index (χ3n) is 3.90. The number of halogens is 1. The normalized spacial score (nSPS) is 15.1. The van der Waals surface area contributed by atoms with Gasteiger partial charge < -0.3 is 10.2 Å². The van der Waals surface area contributed by atoms with E-state index >= 15 is 0 Å². The second-order valence-electron chi connectivity index (χ2n) is 5.46. The second kappa shape index (κ2) is 4.94. The van der Waals surface area contributed by atoms with Gasteiger partial charge >= 0.3 is 0 Å². The molecule has 1 aliphatic heterocycles. The molecule has 0 bridgehead atoms. The zero-order chi connectivity index (χ0) is 15.1. The Morgan fingerprint density at radius 3 is 2.73 bits per heavy atom. The molecule has 7 heteroatoms. The summed E-state index contributed by atoms with van der Waals surface area (Å²) >= 11 is 0. The lowest BCUT2D eigenvalue weighted by Gasteiger charge is -2.41. The Balaban J connectivity index is 1.47. The number of fused-ring (bicyclic) bond motifs is 1. The van der Waals surface area contributed by atoms with Crippen molar-refractivity contribution >= 4 is 22.5 Å². The number of hydrogen-bond donors (Lipinski definition) is 1. The third kappa shape index (κ3) is 2.14. The van der Waals surface area contributed by atoms with Crippen LogP contribution < -0.4 is 10.2 Å². The van der Waals surface area contributed by atoms with Crippen molar-refractivity contribution in [1.82, 2.24) is 19.7 Å². The minimum atomic E-state index is -0.222. The minimum absolute atomic E-state index is 0.222. The fourth-order valence-electron chi connectivity index (χ4n) is 2.73. The molecule has 1 aromatic carbocycles. The van der Waals surface area contributed by atoms with Gasteiger partial charge in [-0.1, -0.05) is 0 Å². The lowest BCUT2D eigenvalue weighted by molar-refractivity contribution is 0.546. The van der Waals surface area contributed by atoms with Gasteiger partial charge in [-0.25, -0.2) is 14.4 Å². The van der Waals surface area contributed by atoms with Gasteiger partial charge in [-0.3, -0.25) is 4.68 Å². The monoisotopic (exact) mass is 298 g/mol. The molecule has 0 atom stereocenters. The van der Waals surface area contributed by atoms with Gasteiger partial charge in [-0.2, -0.15) is 5.10 Å². The van der Waals surface area contributed by atoms with E-state index in [4.69, 9.17) is 0 Å². The van der Waals surface area contributed by atoms with Crippen LogP contribution in [-0.2, 0) is 7.05 Å². The Morgan fingerprint density at radius 2 is 1.95 bits per heavy atom. The van der Waals surface area contributed by atoms with Crippen LogP contribution in [0, 0.1) is 5.82 Å². The molecule has 0 unspecified atom stereocenters. The van der Waals surface area contributed by atoms with E-state index in [0.717, 1.165) is 35.6 Å². The molecule has 1 aliphatic rings. The highest BCUT2D eigenvalue weighted by Crippen LogP contribution is 2.27. The van der Waals surface area contributed by atoms with Crippen LogP contribution in [-0.4, -0.2) is 38.9 Å². The number of rotatable bonds is 3. The maximum atomic E-state index is 12.9. The number of anilines is 2. The van der Waals surface area contributed by atoms with Crippen molar-refractivity contribution < 1.29 is 4.39 Å². The van der Waals surface area contributed by atoms with E-state index in [1.54, 1.807) is 29.3 Å². The number of benzene rings is 1. The first-order chi connectivity index (χ1) is 10.7. The fraction of sp³-hybridized carbons (Fsp3) is 0.267. The fourth-order valence-corrected chi connectivity index (χ4v) is 2.73. The molecular weight excluding hydrogens is 283 g/mol. The van der Waals surface area contributed by atoms with Gasteiger partial charge in [0.25, 0.3) is 0 Å². The minimum Gasteiger partial charge on any atom is -0.379 e. The average Bonchev–Trinajstić information content (AvgIpc) is 2.86. The lowest BCUT2D eigenvalue weighted by atomic mass is 10.1. The zero-order valence-electron chi connectivity index (χ0n) is 12.1. The molecule has 3 aromatic rings. The standard InChI is InChI=1S/C15H15FN6/c1-21-14-13(6-19-21)15(18-9-17-14)22-7-12(8-22)20-11-4-2-10(16)3-5-11/h2-6,9,12,20H,7-8H2,1H3. The molecule has 0 radical (unpaired) electrons. The Kier molecular flexibility index (Phi) is 2.92. The number of hydrogen-bond acceptors (Lipinski definition) is 5. The Hall–Kier alpha value is -2.70. The van der Waals surface area contributed by atoms with Crippen LogP contribution in [0.1, 0.15) is 0 Å². The van der Waals surface area contributed by atoms with Crippen LogP contribution in [0.5, 0.6) is 0 Å². The Bertz CT molecular complexity index is 807. The van der Waals surface area contributed by atoms with Crippen LogP contribution >= 0.6 is 0 Å². The van der Waals surface area contributed by atoms with Gasteiger partial charge in [0.1, 0.15) is 18.0 Å². The number of aryl methyl sites for hydroxylation is 1. The van der Waals surface area contributed by atoms with E-state index in [9.17, 15) is 4.39 Å². The topological polar surface area (TPSA) is 58.9 Å². The SMILES string of the molecule is Cn1ncc2c(N3CC(Nc4ccc(F)cc4)C3)ncnc21. The summed E-state index contributed by atoms with van der Waals surface area (Å²) in [5, 5.41) is 8.58. The maximum absolute atomic E-state index is 12.9. The maximum Gasteiger partial charge on any atom is 0.163 e. The van der Waals surface area contributed by atoms with Crippen molar-refractivity contribution in [2.45, 2.75) is 6.04 Å². The van der Waals surface area contributed by atoms with E-state index in [1.165, 1.54) is 12.1 Å². The smallest absolute Gasteiger partial charge is 0.163 e. The molecule has 2 aromatic heterocycles. The van der Waals surface area contributed by atoms with Gasteiger partial charge in [0.15, 0.2) is 5.65 Å². The molecule has 4 rings (SSSR count). The summed E-state index contributed by atoms with van der Waals surface area (Å²) < 4.78 is 14.6. The van der Waals surface area contributed by atoms with Crippen LogP contribution in [0.15, 0.2) is 36.8 Å². The quantitative estimate of drug-likeness (QED) is 0.799. The van der Waals surface area contributed by atoms with Crippen LogP contribution in [0.4, 0.5) is 15.9 Å². The van der Waals surface area contributed by atoms with Crippen molar-refractivity contribution in [2.75, 3.05) is 23.3 Å². The third-order valence-corrected chi connectivity index (χ3v) is 3.90. The van der Waals surface area contributed by atoms with E-state index in [0.29, 0.717) is 6.04 Å². The molecular formula is C15H15FN6. The summed E-state index contributed by atoms with van der Waals surface area (Å²) in [6.07, 6.45) is 3.37. The van der Waals surface area contributed by atoms with Crippen molar-refractivity contribution in [3.05, 3.63) is 42.6 Å². The Labute approximate surface area is 126 Å². The number of nitrogens with zero attached hydrogens (tertiary/aromatic N) is 5. The molecule has 3 heterocycles. The summed E-state index contributed by atoms with van der Waals surface area (Å²) in [5.74, 6) is 0.691. The van der Waals surface area contributed by atoms with E-state index in [-0.39, 0.29) is 5.82 Å². The highest BCUT2D eigenvalue weighted by Gasteiger charge is 2.29. The van der Waals surface area contributed by atoms with Crippen molar-refractivity contribution in [3.63, 3.8) is 0 Å². The molecule has 1 saturated heterocycles. The predicted molar refractivity (Wildman–Crippen MR) is 82.3 cm³/mol. The highest BCUT2D eigenvalue weighted by atomic mass is 19.1. The zero-order valence-corrected chi connectivity index (χ0v) is 12.1. The van der Waals surface area contributed by atoms with Crippen molar-refractivity contribution in [3.8, 4) is 0 Å². The van der Waals surface area contributed by atoms with E-state index in [2.05, 4.69) is 25.3 Å². The molecule has 6 nitrogen and oxygen atoms in total. The van der Waals surface area contributed by atoms with Crippen molar-refractivity contribution in [1.29, 1.82) is 0 Å². The summed E-state index contributed by atoms with van der Waals surface area (Å²) in [6, 6.07) is 6.75. The van der Waals surface area contributed by atoms with Gasteiger partial charge in [-0.05, 0) is 24.3 Å². The van der Waals surface area contributed by atoms with Crippen molar-refractivity contribution in [2.24, 2.45) is 7.05 Å². The molecule has 112 valence electrons. The highest BCUT2D eigenvalue weighted by molar-refractivity contribution is 5.87. The molecule has 0 spiro atoms. The lowest BCUT2D eigenvalue weighted by Crippen LogP contribution is -2.55. The summed E-state index contributed by atoms with van der Waals surface area (Å²) in [5.41, 5.74) is 1.76. The van der Waals surface area contributed by atoms with E-state index in [1.807, 2.05) is 7.05 Å². The number of nitrogens with one attached hydrogen (secondary N) is 1. The number of aromatic nitrogens is 4. The first-order valence-electron chi connectivity index (χ1n) is 7.10. The van der Waals surface area contributed by atoms with Crippen LogP contribution in [0.25, 0.3) is 11.0 Å². The first-order valence-corrected chi connectivity index (χ1v) is 7.10. The first kappa shape index (κ1) is 13.0. The van der Waals surface area contributed by atoms with Gasteiger partial charge in [0.05, 0.1) is 17.6 Å². The summed E-state index contributed by atoms with van der Waals surface area (Å²) in [7, 11) is 1.87. The van der Waals surface area contributed by atoms with E-state index < -0.39 is 0 Å². The van der Waals surface area contributed by atoms with Gasteiger partial charge in [-0.15, -0.1) is 0 Å².